The highest BCUT2D eigenvalue weighted by molar-refractivity contribution is 7.21. The molecule has 0 saturated carbocycles. The molecule has 2 aromatic carbocycles. The van der Waals surface area contributed by atoms with E-state index >= 15 is 0 Å². The van der Waals surface area contributed by atoms with Crippen LogP contribution in [0.3, 0.4) is 0 Å². The van der Waals surface area contributed by atoms with E-state index in [-0.39, 0.29) is 16.7 Å². The maximum Gasteiger partial charge on any atom is 0.291 e. The van der Waals surface area contributed by atoms with Gasteiger partial charge in [-0.15, -0.1) is 11.3 Å². The molecule has 0 aliphatic rings. The van der Waals surface area contributed by atoms with Crippen molar-refractivity contribution < 1.29 is 14.0 Å². The second-order valence-electron chi connectivity index (χ2n) is 5.97. The first-order valence-corrected chi connectivity index (χ1v) is 10.2. The zero-order valence-corrected chi connectivity index (χ0v) is 17.5. The number of hydrogen-bond donors (Lipinski definition) is 2. The number of benzene rings is 2. The lowest BCUT2D eigenvalue weighted by atomic mass is 10.2. The highest BCUT2D eigenvalue weighted by Gasteiger charge is 2.18. The number of anilines is 2. The van der Waals surface area contributed by atoms with Gasteiger partial charge in [0.1, 0.15) is 4.88 Å². The predicted molar refractivity (Wildman–Crippen MR) is 118 cm³/mol. The zero-order chi connectivity index (χ0) is 20.5. The number of thiophene rings is 1. The SMILES string of the molecule is O=C(Nc1ccc(NC(=O)c2sc3cc(Cl)ccc3c2Cl)cc1Cl)c1ccco1. The fraction of sp³-hybridized carbons (Fsp3) is 0. The Morgan fingerprint density at radius 3 is 2.48 bits per heavy atom. The predicted octanol–water partition coefficient (Wildman–Crippen LogP) is 6.96. The Balaban J connectivity index is 1.52. The molecule has 0 atom stereocenters. The Morgan fingerprint density at radius 1 is 0.931 bits per heavy atom. The summed E-state index contributed by atoms with van der Waals surface area (Å²) in [4.78, 5) is 25.1. The molecule has 0 unspecified atom stereocenters. The van der Waals surface area contributed by atoms with Crippen LogP contribution < -0.4 is 10.6 Å². The van der Waals surface area contributed by atoms with E-state index in [1.165, 1.54) is 23.7 Å². The summed E-state index contributed by atoms with van der Waals surface area (Å²) >= 11 is 19.9. The van der Waals surface area contributed by atoms with E-state index < -0.39 is 5.91 Å². The van der Waals surface area contributed by atoms with Crippen LogP contribution in [-0.2, 0) is 0 Å². The summed E-state index contributed by atoms with van der Waals surface area (Å²) < 4.78 is 5.87. The van der Waals surface area contributed by atoms with Crippen LogP contribution >= 0.6 is 46.1 Å². The minimum Gasteiger partial charge on any atom is -0.459 e. The molecular weight excluding hydrogens is 455 g/mol. The highest BCUT2D eigenvalue weighted by atomic mass is 35.5. The lowest BCUT2D eigenvalue weighted by Gasteiger charge is -2.09. The number of carbonyl (C=O) groups is 2. The van der Waals surface area contributed by atoms with Crippen molar-refractivity contribution in [3.05, 3.63) is 80.5 Å². The van der Waals surface area contributed by atoms with Gasteiger partial charge in [0.15, 0.2) is 5.76 Å². The zero-order valence-electron chi connectivity index (χ0n) is 14.5. The Kier molecular flexibility index (Phi) is 5.52. The van der Waals surface area contributed by atoms with Crippen molar-refractivity contribution in [1.82, 2.24) is 0 Å². The Labute approximate surface area is 184 Å². The van der Waals surface area contributed by atoms with Gasteiger partial charge in [-0.25, -0.2) is 0 Å². The Morgan fingerprint density at radius 2 is 1.76 bits per heavy atom. The summed E-state index contributed by atoms with van der Waals surface area (Å²) in [5, 5.41) is 7.37. The van der Waals surface area contributed by atoms with Crippen LogP contribution in [0.15, 0.2) is 59.2 Å². The maximum atomic E-state index is 12.7. The van der Waals surface area contributed by atoms with Crippen molar-refractivity contribution in [2.24, 2.45) is 0 Å². The maximum absolute atomic E-state index is 12.7. The average Bonchev–Trinajstić information content (AvgIpc) is 3.32. The number of fused-ring (bicyclic) bond motifs is 1. The Hall–Kier alpha value is -2.51. The molecule has 5 nitrogen and oxygen atoms in total. The number of nitrogens with one attached hydrogen (secondary N) is 2. The van der Waals surface area contributed by atoms with E-state index in [2.05, 4.69) is 10.6 Å². The first kappa shape index (κ1) is 19.8. The smallest absolute Gasteiger partial charge is 0.291 e. The highest BCUT2D eigenvalue weighted by Crippen LogP contribution is 2.37. The fourth-order valence-corrected chi connectivity index (χ4v) is 4.57. The number of amides is 2. The van der Waals surface area contributed by atoms with Gasteiger partial charge in [-0.2, -0.15) is 0 Å². The van der Waals surface area contributed by atoms with Crippen LogP contribution in [0.1, 0.15) is 20.2 Å². The molecule has 2 amide bonds. The quantitative estimate of drug-likeness (QED) is 0.342. The molecule has 0 saturated heterocycles. The summed E-state index contributed by atoms with van der Waals surface area (Å²) in [6, 6.07) is 13.2. The fourth-order valence-electron chi connectivity index (χ4n) is 2.66. The summed E-state index contributed by atoms with van der Waals surface area (Å²) in [5.41, 5.74) is 0.850. The molecule has 4 aromatic rings. The molecule has 9 heteroatoms. The second kappa shape index (κ2) is 8.08. The number of rotatable bonds is 4. The van der Waals surface area contributed by atoms with Crippen molar-refractivity contribution in [3.63, 3.8) is 0 Å². The molecule has 146 valence electrons. The topological polar surface area (TPSA) is 71.3 Å². The summed E-state index contributed by atoms with van der Waals surface area (Å²) in [5.74, 6) is -0.627. The minimum absolute atomic E-state index is 0.165. The third kappa shape index (κ3) is 4.11. The lowest BCUT2D eigenvalue weighted by Crippen LogP contribution is -2.12. The van der Waals surface area contributed by atoms with E-state index in [0.29, 0.717) is 26.3 Å². The van der Waals surface area contributed by atoms with Gasteiger partial charge < -0.3 is 15.1 Å². The van der Waals surface area contributed by atoms with Crippen LogP contribution in [0.25, 0.3) is 10.1 Å². The molecule has 4 rings (SSSR count). The molecule has 0 spiro atoms. The molecule has 0 aliphatic heterocycles. The largest absolute Gasteiger partial charge is 0.459 e. The molecule has 2 N–H and O–H groups in total. The van der Waals surface area contributed by atoms with Crippen molar-refractivity contribution in [3.8, 4) is 0 Å². The lowest BCUT2D eigenvalue weighted by molar-refractivity contribution is 0.0994. The van der Waals surface area contributed by atoms with E-state index in [0.717, 1.165) is 10.1 Å². The first-order valence-electron chi connectivity index (χ1n) is 8.25. The number of carbonyl (C=O) groups excluding carboxylic acids is 2. The van der Waals surface area contributed by atoms with E-state index in [1.54, 1.807) is 42.5 Å². The van der Waals surface area contributed by atoms with Gasteiger partial charge >= 0.3 is 0 Å². The second-order valence-corrected chi connectivity index (χ2v) is 8.24. The summed E-state index contributed by atoms with van der Waals surface area (Å²) in [6.07, 6.45) is 1.40. The third-order valence-corrected chi connectivity index (χ3v) is 6.22. The summed E-state index contributed by atoms with van der Waals surface area (Å²) in [6.45, 7) is 0. The van der Waals surface area contributed by atoms with Crippen LogP contribution in [-0.4, -0.2) is 11.8 Å². The number of furan rings is 1. The molecule has 0 bridgehead atoms. The molecule has 29 heavy (non-hydrogen) atoms. The third-order valence-electron chi connectivity index (χ3n) is 4.02. The molecular formula is C20H11Cl3N2O3S. The first-order chi connectivity index (χ1) is 13.9. The van der Waals surface area contributed by atoms with Crippen LogP contribution in [0.2, 0.25) is 15.1 Å². The van der Waals surface area contributed by atoms with Gasteiger partial charge in [-0.1, -0.05) is 40.9 Å². The summed E-state index contributed by atoms with van der Waals surface area (Å²) in [7, 11) is 0. The van der Waals surface area contributed by atoms with E-state index in [1.807, 2.05) is 0 Å². The van der Waals surface area contributed by atoms with Gasteiger partial charge in [0.2, 0.25) is 0 Å². The monoisotopic (exact) mass is 464 g/mol. The minimum atomic E-state index is -0.426. The van der Waals surface area contributed by atoms with Crippen molar-refractivity contribution in [1.29, 1.82) is 0 Å². The van der Waals surface area contributed by atoms with Crippen molar-refractivity contribution >= 4 is 79.4 Å². The number of halogens is 3. The van der Waals surface area contributed by atoms with Crippen LogP contribution in [0, 0.1) is 0 Å². The van der Waals surface area contributed by atoms with Crippen LogP contribution in [0.5, 0.6) is 0 Å². The molecule has 0 aliphatic carbocycles. The van der Waals surface area contributed by atoms with Gasteiger partial charge in [0.25, 0.3) is 11.8 Å². The van der Waals surface area contributed by atoms with Gasteiger partial charge in [0, 0.05) is 20.8 Å². The number of hydrogen-bond acceptors (Lipinski definition) is 4. The average molecular weight is 466 g/mol. The molecule has 0 radical (unpaired) electrons. The Bertz CT molecular complexity index is 1240. The molecule has 2 heterocycles. The molecule has 0 fully saturated rings. The van der Waals surface area contributed by atoms with E-state index in [4.69, 9.17) is 39.2 Å². The van der Waals surface area contributed by atoms with Gasteiger partial charge in [0.05, 0.1) is 22.0 Å². The normalized spacial score (nSPS) is 10.9. The van der Waals surface area contributed by atoms with E-state index in [9.17, 15) is 9.59 Å². The standard InChI is InChI=1S/C20H11Cl3N2O3S/c21-10-3-5-12-16(8-10)29-18(17(12)23)20(27)24-11-4-6-14(13(22)9-11)25-19(26)15-2-1-7-28-15/h1-9H,(H,24,27)(H,25,26). The van der Waals surface area contributed by atoms with Crippen molar-refractivity contribution in [2.45, 2.75) is 0 Å². The van der Waals surface area contributed by atoms with Gasteiger partial charge in [-0.3, -0.25) is 9.59 Å². The van der Waals surface area contributed by atoms with Crippen molar-refractivity contribution in [2.75, 3.05) is 10.6 Å². The molecule has 2 aromatic heterocycles. The van der Waals surface area contributed by atoms with Crippen LogP contribution in [0.4, 0.5) is 11.4 Å². The van der Waals surface area contributed by atoms with Gasteiger partial charge in [-0.05, 0) is 42.5 Å².